The predicted molar refractivity (Wildman–Crippen MR) is 226 cm³/mol. The van der Waals surface area contributed by atoms with Crippen molar-refractivity contribution in [2.75, 3.05) is 4.90 Å². The fraction of sp³-hybridized carbons (Fsp3) is 0. The summed E-state index contributed by atoms with van der Waals surface area (Å²) >= 11 is 0. The van der Waals surface area contributed by atoms with Gasteiger partial charge in [0.05, 0.1) is 5.69 Å². The van der Waals surface area contributed by atoms with Gasteiger partial charge in [0.1, 0.15) is 0 Å². The third-order valence-corrected chi connectivity index (χ3v) is 10.1. The van der Waals surface area contributed by atoms with Crippen molar-refractivity contribution in [1.29, 1.82) is 0 Å². The van der Waals surface area contributed by atoms with E-state index in [0.29, 0.717) is 0 Å². The van der Waals surface area contributed by atoms with Crippen LogP contribution in [0.15, 0.2) is 224 Å². The van der Waals surface area contributed by atoms with Gasteiger partial charge in [-0.05, 0) is 91.2 Å². The molecule has 0 aromatic heterocycles. The van der Waals surface area contributed by atoms with E-state index in [4.69, 9.17) is 0 Å². The van der Waals surface area contributed by atoms with E-state index >= 15 is 0 Å². The van der Waals surface area contributed by atoms with Gasteiger partial charge in [-0.15, -0.1) is 0 Å². The quantitative estimate of drug-likeness (QED) is 0.155. The maximum absolute atomic E-state index is 2.39. The highest BCUT2D eigenvalue weighted by molar-refractivity contribution is 6.06. The van der Waals surface area contributed by atoms with Crippen molar-refractivity contribution in [3.05, 3.63) is 224 Å². The third-order valence-electron chi connectivity index (χ3n) is 10.1. The molecule has 0 amide bonds. The zero-order chi connectivity index (χ0) is 35.4. The Morgan fingerprint density at radius 1 is 0.226 bits per heavy atom. The molecule has 0 radical (unpaired) electrons. The van der Waals surface area contributed by atoms with E-state index in [-0.39, 0.29) is 0 Å². The molecule has 9 aromatic carbocycles. The number of nitrogens with zero attached hydrogens (tertiary/aromatic N) is 1. The highest BCUT2D eigenvalue weighted by Gasteiger charge is 2.18. The van der Waals surface area contributed by atoms with Crippen LogP contribution in [0.1, 0.15) is 0 Å². The average Bonchev–Trinajstić information content (AvgIpc) is 3.25. The zero-order valence-electron chi connectivity index (χ0n) is 29.3. The van der Waals surface area contributed by atoms with Crippen molar-refractivity contribution in [2.45, 2.75) is 0 Å². The number of hydrogen-bond donors (Lipinski definition) is 0. The van der Waals surface area contributed by atoms with Crippen LogP contribution in [0, 0.1) is 0 Å². The molecule has 0 bridgehead atoms. The molecule has 0 N–H and O–H groups in total. The van der Waals surface area contributed by atoms with Crippen molar-refractivity contribution in [3.63, 3.8) is 0 Å². The molecule has 0 aliphatic rings. The first-order valence-electron chi connectivity index (χ1n) is 18.2. The average molecular weight is 676 g/mol. The fourth-order valence-electron chi connectivity index (χ4n) is 7.58. The highest BCUT2D eigenvalue weighted by atomic mass is 15.1. The second-order valence-electron chi connectivity index (χ2n) is 13.3. The van der Waals surface area contributed by atoms with E-state index in [9.17, 15) is 0 Å². The largest absolute Gasteiger partial charge is 0.310 e. The third kappa shape index (κ3) is 6.30. The van der Waals surface area contributed by atoms with Crippen molar-refractivity contribution in [1.82, 2.24) is 0 Å². The minimum atomic E-state index is 1.10. The van der Waals surface area contributed by atoms with Crippen LogP contribution in [0.2, 0.25) is 0 Å². The Morgan fingerprint density at radius 3 is 1.06 bits per heavy atom. The molecule has 250 valence electrons. The lowest BCUT2D eigenvalue weighted by atomic mass is 9.91. The van der Waals surface area contributed by atoms with E-state index in [1.807, 2.05) is 0 Å². The summed E-state index contributed by atoms with van der Waals surface area (Å²) in [6.45, 7) is 0. The van der Waals surface area contributed by atoms with E-state index in [0.717, 1.165) is 17.1 Å². The molecule has 0 saturated heterocycles. The number of rotatable bonds is 8. The molecule has 0 aliphatic carbocycles. The first-order valence-corrected chi connectivity index (χ1v) is 18.2. The molecule has 0 fully saturated rings. The van der Waals surface area contributed by atoms with Gasteiger partial charge in [0.25, 0.3) is 0 Å². The smallest absolute Gasteiger partial charge is 0.0540 e. The topological polar surface area (TPSA) is 3.24 Å². The zero-order valence-corrected chi connectivity index (χ0v) is 29.3. The minimum absolute atomic E-state index is 1.10. The van der Waals surface area contributed by atoms with Crippen LogP contribution >= 0.6 is 0 Å². The molecule has 53 heavy (non-hydrogen) atoms. The Morgan fingerprint density at radius 2 is 0.566 bits per heavy atom. The van der Waals surface area contributed by atoms with Gasteiger partial charge in [0, 0.05) is 16.9 Å². The van der Waals surface area contributed by atoms with Crippen LogP contribution in [0.25, 0.3) is 66.4 Å². The predicted octanol–water partition coefficient (Wildman–Crippen LogP) is 14.6. The Kier molecular flexibility index (Phi) is 8.66. The number of para-hydroxylation sites is 1. The molecule has 1 heteroatoms. The summed E-state index contributed by atoms with van der Waals surface area (Å²) in [6.07, 6.45) is 0. The molecule has 0 unspecified atom stereocenters. The van der Waals surface area contributed by atoms with Gasteiger partial charge >= 0.3 is 0 Å². The normalized spacial score (nSPS) is 11.0. The van der Waals surface area contributed by atoms with Crippen molar-refractivity contribution in [3.8, 4) is 55.6 Å². The van der Waals surface area contributed by atoms with Gasteiger partial charge < -0.3 is 4.90 Å². The van der Waals surface area contributed by atoms with E-state index in [1.165, 1.54) is 66.4 Å². The molecule has 0 heterocycles. The lowest BCUT2D eigenvalue weighted by molar-refractivity contribution is 1.28. The van der Waals surface area contributed by atoms with E-state index in [2.05, 4.69) is 229 Å². The molecule has 0 spiro atoms. The Bertz CT molecular complexity index is 2620. The van der Waals surface area contributed by atoms with Crippen LogP contribution in [0.5, 0.6) is 0 Å². The van der Waals surface area contributed by atoms with Gasteiger partial charge in [0.15, 0.2) is 0 Å². The molecule has 9 aromatic rings. The molecule has 1 nitrogen and oxygen atoms in total. The van der Waals surface area contributed by atoms with Gasteiger partial charge in [0.2, 0.25) is 0 Å². The second kappa shape index (κ2) is 14.3. The number of benzene rings is 9. The molecule has 0 saturated carbocycles. The SMILES string of the molecule is c1ccc(-c2ccccc2-c2ccc(N(c3ccc(-c4cccc5cccc(-c6ccccc6)c45)cc3)c3ccccc3-c3ccccc3)cc2)cc1. The second-order valence-corrected chi connectivity index (χ2v) is 13.3. The molecular formula is C52H37N. The maximum atomic E-state index is 2.39. The number of fused-ring (bicyclic) bond motifs is 1. The highest BCUT2D eigenvalue weighted by Crippen LogP contribution is 2.43. The molecule has 0 aliphatic heterocycles. The monoisotopic (exact) mass is 675 g/mol. The van der Waals surface area contributed by atoms with E-state index in [1.54, 1.807) is 0 Å². The van der Waals surface area contributed by atoms with Gasteiger partial charge in [-0.3, -0.25) is 0 Å². The Hall–Kier alpha value is -6.96. The molecule has 0 atom stereocenters. The summed E-state index contributed by atoms with van der Waals surface area (Å²) in [4.78, 5) is 2.39. The first kappa shape index (κ1) is 32.0. The summed E-state index contributed by atoms with van der Waals surface area (Å²) in [7, 11) is 0. The van der Waals surface area contributed by atoms with Crippen LogP contribution in [-0.4, -0.2) is 0 Å². The van der Waals surface area contributed by atoms with Gasteiger partial charge in [-0.25, -0.2) is 0 Å². The van der Waals surface area contributed by atoms with Crippen molar-refractivity contribution in [2.24, 2.45) is 0 Å². The number of hydrogen-bond acceptors (Lipinski definition) is 1. The van der Waals surface area contributed by atoms with Gasteiger partial charge in [-0.2, -0.15) is 0 Å². The van der Waals surface area contributed by atoms with Crippen molar-refractivity contribution >= 4 is 27.8 Å². The lowest BCUT2D eigenvalue weighted by Crippen LogP contribution is -2.11. The van der Waals surface area contributed by atoms with Crippen LogP contribution in [0.4, 0.5) is 17.1 Å². The standard InChI is InChI=1S/C52H37N/c1-4-16-38(17-5-1)46-24-10-11-25-47(46)41-30-34-44(35-31-41)53(51-29-13-12-26-48(51)39-18-6-2-7-19-39)45-36-32-42(33-37-45)50-28-15-23-43-22-14-27-49(52(43)50)40-20-8-3-9-21-40/h1-37H. The summed E-state index contributed by atoms with van der Waals surface area (Å²) in [5.74, 6) is 0. The Labute approximate surface area is 311 Å². The van der Waals surface area contributed by atoms with Crippen molar-refractivity contribution < 1.29 is 0 Å². The molecule has 9 rings (SSSR count). The first-order chi connectivity index (χ1) is 26.3. The summed E-state index contributed by atoms with van der Waals surface area (Å²) in [5.41, 5.74) is 15.4. The maximum Gasteiger partial charge on any atom is 0.0540 e. The van der Waals surface area contributed by atoms with Crippen LogP contribution in [-0.2, 0) is 0 Å². The number of anilines is 3. The fourth-order valence-corrected chi connectivity index (χ4v) is 7.58. The van der Waals surface area contributed by atoms with E-state index < -0.39 is 0 Å². The summed E-state index contributed by atoms with van der Waals surface area (Å²) in [5, 5.41) is 2.51. The summed E-state index contributed by atoms with van der Waals surface area (Å²) < 4.78 is 0. The minimum Gasteiger partial charge on any atom is -0.310 e. The van der Waals surface area contributed by atoms with Crippen LogP contribution in [0.3, 0.4) is 0 Å². The molecular weight excluding hydrogens is 639 g/mol. The van der Waals surface area contributed by atoms with Crippen LogP contribution < -0.4 is 4.90 Å². The Balaban J connectivity index is 1.16. The van der Waals surface area contributed by atoms with Gasteiger partial charge in [-0.1, -0.05) is 194 Å². The summed E-state index contributed by atoms with van der Waals surface area (Å²) in [6, 6.07) is 80.7. The lowest BCUT2D eigenvalue weighted by Gasteiger charge is -2.28.